The number of aromatic nitrogens is 3. The van der Waals surface area contributed by atoms with E-state index in [0.29, 0.717) is 6.01 Å². The number of thiazole rings is 1. The molecule has 3 aromatic rings. The summed E-state index contributed by atoms with van der Waals surface area (Å²) in [7, 11) is 1.61. The lowest BCUT2D eigenvalue weighted by Gasteiger charge is -2.19. The molecule has 0 amide bonds. The van der Waals surface area contributed by atoms with Gasteiger partial charge in [0, 0.05) is 32.3 Å². The van der Waals surface area contributed by atoms with Crippen molar-refractivity contribution in [2.24, 2.45) is 0 Å². The summed E-state index contributed by atoms with van der Waals surface area (Å²) in [6.07, 6.45) is 3.83. The Morgan fingerprint density at radius 1 is 1.22 bits per heavy atom. The number of benzene rings is 1. The molecule has 0 fully saturated rings. The zero-order chi connectivity index (χ0) is 15.6. The van der Waals surface area contributed by atoms with Crippen LogP contribution in [-0.2, 0) is 19.4 Å². The Morgan fingerprint density at radius 2 is 2.13 bits per heavy atom. The Bertz CT molecular complexity index is 832. The average Bonchev–Trinajstić information content (AvgIpc) is 2.96. The fourth-order valence-corrected chi connectivity index (χ4v) is 3.68. The van der Waals surface area contributed by atoms with Crippen molar-refractivity contribution in [3.63, 3.8) is 0 Å². The molecule has 0 saturated heterocycles. The van der Waals surface area contributed by atoms with Crippen LogP contribution in [0.4, 0.5) is 0 Å². The fraction of sp³-hybridized carbons (Fsp3) is 0.353. The summed E-state index contributed by atoms with van der Waals surface area (Å²) in [5.74, 6) is 0. The van der Waals surface area contributed by atoms with Gasteiger partial charge in [0.25, 0.3) is 0 Å². The highest BCUT2D eigenvalue weighted by atomic mass is 32.1. The normalized spacial score (nSPS) is 15.3. The number of methoxy groups -OCH3 is 1. The van der Waals surface area contributed by atoms with Gasteiger partial charge in [-0.15, -0.1) is 11.3 Å². The summed E-state index contributed by atoms with van der Waals surface area (Å²) in [5, 5.41) is 0. The second kappa shape index (κ2) is 6.22. The van der Waals surface area contributed by atoms with Crippen molar-refractivity contribution in [3.8, 4) is 6.01 Å². The zero-order valence-electron chi connectivity index (χ0n) is 13.0. The minimum atomic E-state index is 0.464. The minimum absolute atomic E-state index is 0.464. The quantitative estimate of drug-likeness (QED) is 0.741. The fourth-order valence-electron chi connectivity index (χ4n) is 3.02. The molecule has 1 aromatic carbocycles. The van der Waals surface area contributed by atoms with Gasteiger partial charge in [0.05, 0.1) is 28.5 Å². The molecule has 5 nitrogen and oxygen atoms in total. The molecule has 0 bridgehead atoms. The molecule has 0 saturated carbocycles. The summed E-state index contributed by atoms with van der Waals surface area (Å²) < 4.78 is 6.38. The Kier molecular flexibility index (Phi) is 3.93. The number of rotatable bonds is 3. The molecule has 6 heteroatoms. The van der Waals surface area contributed by atoms with Crippen molar-refractivity contribution in [2.45, 2.75) is 19.4 Å². The van der Waals surface area contributed by atoms with Crippen LogP contribution >= 0.6 is 11.3 Å². The van der Waals surface area contributed by atoms with Gasteiger partial charge in [-0.2, -0.15) is 4.98 Å². The molecule has 3 heterocycles. The number of hydrogen-bond acceptors (Lipinski definition) is 6. The van der Waals surface area contributed by atoms with Crippen molar-refractivity contribution in [1.29, 1.82) is 0 Å². The summed E-state index contributed by atoms with van der Waals surface area (Å²) in [6, 6.07) is 7.05. The molecule has 4 rings (SSSR count). The van der Waals surface area contributed by atoms with Crippen LogP contribution < -0.4 is 4.74 Å². The maximum Gasteiger partial charge on any atom is 0.316 e. The zero-order valence-corrected chi connectivity index (χ0v) is 13.8. The smallest absolute Gasteiger partial charge is 0.316 e. The standard InChI is InChI=1S/C17H18N4OS/c1-22-17-18-9-13-4-6-21(7-5-14(13)20-17)10-12-2-3-16-15(8-12)19-11-23-16/h2-3,8-9,11H,4-7,10H2,1H3. The van der Waals surface area contributed by atoms with Crippen molar-refractivity contribution >= 4 is 21.6 Å². The monoisotopic (exact) mass is 326 g/mol. The summed E-state index contributed by atoms with van der Waals surface area (Å²) in [6.45, 7) is 2.98. The molecule has 0 spiro atoms. The molecule has 23 heavy (non-hydrogen) atoms. The van der Waals surface area contributed by atoms with Gasteiger partial charge < -0.3 is 4.74 Å². The first kappa shape index (κ1) is 14.5. The first-order valence-corrected chi connectivity index (χ1v) is 8.63. The van der Waals surface area contributed by atoms with Crippen LogP contribution in [-0.4, -0.2) is 40.1 Å². The molecule has 1 aliphatic rings. The molecule has 0 radical (unpaired) electrons. The van der Waals surface area contributed by atoms with Gasteiger partial charge in [0.15, 0.2) is 0 Å². The van der Waals surface area contributed by atoms with Crippen LogP contribution in [0, 0.1) is 0 Å². The Morgan fingerprint density at radius 3 is 3.04 bits per heavy atom. The van der Waals surface area contributed by atoms with Crippen molar-refractivity contribution in [3.05, 3.63) is 46.7 Å². The predicted molar refractivity (Wildman–Crippen MR) is 90.9 cm³/mol. The van der Waals surface area contributed by atoms with E-state index in [4.69, 9.17) is 4.74 Å². The van der Waals surface area contributed by atoms with E-state index in [9.17, 15) is 0 Å². The van der Waals surface area contributed by atoms with Gasteiger partial charge in [-0.05, 0) is 29.7 Å². The number of hydrogen-bond donors (Lipinski definition) is 0. The maximum atomic E-state index is 5.14. The average molecular weight is 326 g/mol. The van der Waals surface area contributed by atoms with Crippen LogP contribution in [0.15, 0.2) is 29.9 Å². The Balaban J connectivity index is 1.49. The van der Waals surface area contributed by atoms with E-state index in [2.05, 4.69) is 38.1 Å². The number of fused-ring (bicyclic) bond motifs is 2. The molecular weight excluding hydrogens is 308 g/mol. The lowest BCUT2D eigenvalue weighted by Crippen LogP contribution is -2.25. The summed E-state index contributed by atoms with van der Waals surface area (Å²) >= 11 is 1.69. The van der Waals surface area contributed by atoms with Gasteiger partial charge in [-0.25, -0.2) is 9.97 Å². The van der Waals surface area contributed by atoms with Gasteiger partial charge in [-0.1, -0.05) is 6.07 Å². The topological polar surface area (TPSA) is 51.1 Å². The molecular formula is C17H18N4OS. The lowest BCUT2D eigenvalue weighted by atomic mass is 10.1. The van der Waals surface area contributed by atoms with Gasteiger partial charge in [0.1, 0.15) is 0 Å². The second-order valence-corrected chi connectivity index (χ2v) is 6.65. The van der Waals surface area contributed by atoms with E-state index in [0.717, 1.165) is 43.7 Å². The predicted octanol–water partition coefficient (Wildman–Crippen LogP) is 2.70. The highest BCUT2D eigenvalue weighted by molar-refractivity contribution is 7.16. The van der Waals surface area contributed by atoms with Crippen molar-refractivity contribution in [2.75, 3.05) is 20.2 Å². The van der Waals surface area contributed by atoms with Gasteiger partial charge in [0.2, 0.25) is 0 Å². The third-order valence-corrected chi connectivity index (χ3v) is 5.09. The third kappa shape index (κ3) is 3.04. The minimum Gasteiger partial charge on any atom is -0.467 e. The molecule has 0 aliphatic carbocycles. The highest BCUT2D eigenvalue weighted by Gasteiger charge is 2.16. The lowest BCUT2D eigenvalue weighted by molar-refractivity contribution is 0.279. The van der Waals surface area contributed by atoms with E-state index >= 15 is 0 Å². The van der Waals surface area contributed by atoms with E-state index in [-0.39, 0.29) is 0 Å². The summed E-state index contributed by atoms with van der Waals surface area (Å²) in [4.78, 5) is 15.6. The number of ether oxygens (including phenoxy) is 1. The van der Waals surface area contributed by atoms with Crippen LogP contribution in [0.1, 0.15) is 16.8 Å². The van der Waals surface area contributed by atoms with Crippen LogP contribution in [0.25, 0.3) is 10.2 Å². The maximum absolute atomic E-state index is 5.14. The van der Waals surface area contributed by atoms with E-state index in [1.807, 2.05) is 11.7 Å². The van der Waals surface area contributed by atoms with Crippen molar-refractivity contribution < 1.29 is 4.74 Å². The molecule has 0 N–H and O–H groups in total. The van der Waals surface area contributed by atoms with E-state index in [1.54, 1.807) is 18.4 Å². The highest BCUT2D eigenvalue weighted by Crippen LogP contribution is 2.21. The Hall–Kier alpha value is -2.05. The SMILES string of the molecule is COc1ncc2c(n1)CCN(Cc1ccc3scnc3c1)CC2. The second-order valence-electron chi connectivity index (χ2n) is 5.76. The largest absolute Gasteiger partial charge is 0.467 e. The van der Waals surface area contributed by atoms with Crippen LogP contribution in [0.5, 0.6) is 6.01 Å². The molecule has 0 unspecified atom stereocenters. The summed E-state index contributed by atoms with van der Waals surface area (Å²) in [5.41, 5.74) is 6.68. The first-order chi connectivity index (χ1) is 11.3. The van der Waals surface area contributed by atoms with Crippen LogP contribution in [0.3, 0.4) is 0 Å². The molecule has 0 atom stereocenters. The molecule has 118 valence electrons. The van der Waals surface area contributed by atoms with Crippen molar-refractivity contribution in [1.82, 2.24) is 19.9 Å². The van der Waals surface area contributed by atoms with Gasteiger partial charge >= 0.3 is 6.01 Å². The van der Waals surface area contributed by atoms with E-state index < -0.39 is 0 Å². The molecule has 2 aromatic heterocycles. The number of nitrogens with zero attached hydrogens (tertiary/aromatic N) is 4. The van der Waals surface area contributed by atoms with E-state index in [1.165, 1.54) is 15.8 Å². The third-order valence-electron chi connectivity index (χ3n) is 4.28. The van der Waals surface area contributed by atoms with Crippen LogP contribution in [0.2, 0.25) is 0 Å². The van der Waals surface area contributed by atoms with Gasteiger partial charge in [-0.3, -0.25) is 4.90 Å². The Labute approximate surface area is 139 Å². The molecule has 1 aliphatic heterocycles. The first-order valence-electron chi connectivity index (χ1n) is 7.75.